The Morgan fingerprint density at radius 1 is 1.20 bits per heavy atom. The van der Waals surface area contributed by atoms with Gasteiger partial charge in [-0.1, -0.05) is 13.8 Å². The molecule has 3 aliphatic rings. The number of rotatable bonds is 5. The number of aliphatic hydroxyl groups excluding tert-OH is 1. The van der Waals surface area contributed by atoms with Gasteiger partial charge in [0, 0.05) is 13.7 Å². The van der Waals surface area contributed by atoms with Gasteiger partial charge in [0.25, 0.3) is 0 Å². The monoisotopic (exact) mass is 354 g/mol. The molecule has 0 radical (unpaired) electrons. The van der Waals surface area contributed by atoms with E-state index in [2.05, 4.69) is 13.8 Å². The summed E-state index contributed by atoms with van der Waals surface area (Å²) in [6.45, 7) is 4.94. The van der Waals surface area contributed by atoms with Crippen molar-refractivity contribution in [1.82, 2.24) is 0 Å². The quantitative estimate of drug-likeness (QED) is 0.607. The number of hydrogen-bond acceptors (Lipinski definition) is 5. The predicted octanol–water partition coefficient (Wildman–Crippen LogP) is 2.86. The molecule has 5 nitrogen and oxygen atoms in total. The predicted molar refractivity (Wildman–Crippen MR) is 93.7 cm³/mol. The van der Waals surface area contributed by atoms with Crippen LogP contribution in [0.25, 0.3) is 0 Å². The fourth-order valence-electron chi connectivity index (χ4n) is 6.66. The van der Waals surface area contributed by atoms with Crippen LogP contribution in [0.2, 0.25) is 0 Å². The van der Waals surface area contributed by atoms with Gasteiger partial charge in [0.2, 0.25) is 0 Å². The molecule has 0 heterocycles. The van der Waals surface area contributed by atoms with E-state index in [1.54, 1.807) is 7.11 Å². The summed E-state index contributed by atoms with van der Waals surface area (Å²) in [6.07, 6.45) is 4.97. The highest BCUT2D eigenvalue weighted by atomic mass is 16.7. The van der Waals surface area contributed by atoms with E-state index in [0.717, 1.165) is 32.1 Å². The van der Waals surface area contributed by atoms with E-state index in [-0.39, 0.29) is 43.2 Å². The van der Waals surface area contributed by atoms with E-state index < -0.39 is 5.41 Å². The van der Waals surface area contributed by atoms with Crippen molar-refractivity contribution in [2.45, 2.75) is 52.1 Å². The molecule has 0 aromatic heterocycles. The minimum Gasteiger partial charge on any atom is -0.469 e. The van der Waals surface area contributed by atoms with Crippen molar-refractivity contribution < 1.29 is 24.1 Å². The molecule has 5 heteroatoms. The van der Waals surface area contributed by atoms with Gasteiger partial charge in [-0.05, 0) is 67.6 Å². The van der Waals surface area contributed by atoms with Crippen molar-refractivity contribution in [2.75, 3.05) is 27.6 Å². The molecular formula is C20H34O5. The fraction of sp³-hybridized carbons (Fsp3) is 0.950. The van der Waals surface area contributed by atoms with Crippen molar-refractivity contribution in [3.8, 4) is 0 Å². The lowest BCUT2D eigenvalue weighted by atomic mass is 9.42. The first-order chi connectivity index (χ1) is 12.0. The summed E-state index contributed by atoms with van der Waals surface area (Å²) in [5.74, 6) is 1.94. The first-order valence-corrected chi connectivity index (χ1v) is 9.81. The Balaban J connectivity index is 2.03. The molecule has 0 spiro atoms. The van der Waals surface area contributed by atoms with Gasteiger partial charge >= 0.3 is 5.97 Å². The van der Waals surface area contributed by atoms with E-state index in [9.17, 15) is 9.90 Å². The lowest BCUT2D eigenvalue weighted by Crippen LogP contribution is -2.63. The first-order valence-electron chi connectivity index (χ1n) is 9.81. The Morgan fingerprint density at radius 3 is 2.60 bits per heavy atom. The van der Waals surface area contributed by atoms with Crippen LogP contribution in [0.4, 0.5) is 0 Å². The summed E-state index contributed by atoms with van der Waals surface area (Å²) in [4.78, 5) is 13.0. The summed E-state index contributed by atoms with van der Waals surface area (Å²) in [7, 11) is 3.16. The molecule has 3 rings (SSSR count). The van der Waals surface area contributed by atoms with Gasteiger partial charge in [0.05, 0.1) is 18.6 Å². The minimum absolute atomic E-state index is 0.0457. The Labute approximate surface area is 151 Å². The van der Waals surface area contributed by atoms with Crippen LogP contribution in [0.1, 0.15) is 46.0 Å². The lowest BCUT2D eigenvalue weighted by Gasteiger charge is -2.62. The summed E-state index contributed by atoms with van der Waals surface area (Å²) >= 11 is 0. The molecule has 0 unspecified atom stereocenters. The van der Waals surface area contributed by atoms with Crippen molar-refractivity contribution in [2.24, 2.45) is 40.9 Å². The zero-order valence-electron chi connectivity index (χ0n) is 16.1. The van der Waals surface area contributed by atoms with Gasteiger partial charge in [0.1, 0.15) is 6.79 Å². The molecular weight excluding hydrogens is 320 g/mol. The van der Waals surface area contributed by atoms with Crippen molar-refractivity contribution in [3.05, 3.63) is 0 Å². The highest BCUT2D eigenvalue weighted by Crippen LogP contribution is 2.64. The van der Waals surface area contributed by atoms with Crippen LogP contribution in [-0.2, 0) is 19.0 Å². The lowest BCUT2D eigenvalue weighted by molar-refractivity contribution is -0.221. The maximum Gasteiger partial charge on any atom is 0.312 e. The van der Waals surface area contributed by atoms with Gasteiger partial charge in [-0.15, -0.1) is 0 Å². The molecule has 3 fully saturated rings. The van der Waals surface area contributed by atoms with Crippen LogP contribution in [0.15, 0.2) is 0 Å². The number of carbonyl (C=O) groups excluding carboxylic acids is 1. The first kappa shape index (κ1) is 19.1. The summed E-state index contributed by atoms with van der Waals surface area (Å²) in [5.41, 5.74) is -0.419. The van der Waals surface area contributed by atoms with Crippen LogP contribution in [-0.4, -0.2) is 44.8 Å². The van der Waals surface area contributed by atoms with Gasteiger partial charge in [0.15, 0.2) is 0 Å². The zero-order chi connectivity index (χ0) is 18.2. The topological polar surface area (TPSA) is 65.0 Å². The summed E-state index contributed by atoms with van der Waals surface area (Å²) in [6, 6.07) is 0. The average Bonchev–Trinajstić information content (AvgIpc) is 2.63. The molecule has 0 amide bonds. The highest BCUT2D eigenvalue weighted by Gasteiger charge is 2.64. The van der Waals surface area contributed by atoms with Crippen molar-refractivity contribution >= 4 is 5.97 Å². The third kappa shape index (κ3) is 2.92. The van der Waals surface area contributed by atoms with Gasteiger partial charge in [-0.25, -0.2) is 0 Å². The van der Waals surface area contributed by atoms with Gasteiger partial charge in [-0.3, -0.25) is 4.79 Å². The molecule has 3 aliphatic carbocycles. The third-order valence-electron chi connectivity index (χ3n) is 7.70. The van der Waals surface area contributed by atoms with E-state index in [1.807, 2.05) is 0 Å². The van der Waals surface area contributed by atoms with Crippen LogP contribution in [0.3, 0.4) is 0 Å². The second-order valence-electron chi connectivity index (χ2n) is 8.58. The Morgan fingerprint density at radius 2 is 1.96 bits per heavy atom. The number of methoxy groups -OCH3 is 2. The van der Waals surface area contributed by atoms with E-state index in [4.69, 9.17) is 14.2 Å². The number of aliphatic hydroxyl groups is 1. The number of esters is 1. The van der Waals surface area contributed by atoms with Gasteiger partial charge in [-0.2, -0.15) is 0 Å². The molecule has 0 aliphatic heterocycles. The van der Waals surface area contributed by atoms with Crippen molar-refractivity contribution in [1.29, 1.82) is 0 Å². The number of ether oxygens (including phenoxy) is 3. The SMILES string of the molecule is COCO[C@@H]1CC[C@@]2(C(=O)OC)[C@H]3[C@H](CC[C@@H]2C)[C@@H](C)C[C@H](CO)[C@@H]31. The molecule has 0 bridgehead atoms. The normalized spacial score (nSPS) is 46.4. The van der Waals surface area contributed by atoms with Crippen molar-refractivity contribution in [3.63, 3.8) is 0 Å². The Bertz CT molecular complexity index is 481. The number of hydrogen-bond donors (Lipinski definition) is 1. The molecule has 25 heavy (non-hydrogen) atoms. The average molecular weight is 354 g/mol. The standard InChI is InChI=1S/C20H34O5/c1-12-9-14(10-21)17-16(25-11-23-3)7-8-20(19(22)24-4)13(2)5-6-15(12)18(17)20/h12-18,21H,5-11H2,1-4H3/t12-,13-,14+,15+,16+,17+,18-,20-/m0/s1. The van der Waals surface area contributed by atoms with E-state index in [0.29, 0.717) is 17.8 Å². The smallest absolute Gasteiger partial charge is 0.312 e. The van der Waals surface area contributed by atoms with Crippen LogP contribution in [0.5, 0.6) is 0 Å². The second kappa shape index (κ2) is 7.53. The van der Waals surface area contributed by atoms with Crippen LogP contribution < -0.4 is 0 Å². The second-order valence-corrected chi connectivity index (χ2v) is 8.58. The fourth-order valence-corrected chi connectivity index (χ4v) is 6.66. The molecule has 8 atom stereocenters. The largest absolute Gasteiger partial charge is 0.469 e. The molecule has 0 saturated heterocycles. The molecule has 1 N–H and O–H groups in total. The van der Waals surface area contributed by atoms with Crippen LogP contribution in [0, 0.1) is 40.9 Å². The zero-order valence-corrected chi connectivity index (χ0v) is 16.1. The molecule has 0 aromatic rings. The maximum absolute atomic E-state index is 13.0. The summed E-state index contributed by atoms with van der Waals surface area (Å²) < 4.78 is 16.5. The highest BCUT2D eigenvalue weighted by molar-refractivity contribution is 5.78. The summed E-state index contributed by atoms with van der Waals surface area (Å²) in [5, 5.41) is 10.1. The van der Waals surface area contributed by atoms with E-state index in [1.165, 1.54) is 7.11 Å². The Kier molecular flexibility index (Phi) is 5.76. The molecule has 0 aromatic carbocycles. The molecule has 3 saturated carbocycles. The molecule has 144 valence electrons. The van der Waals surface area contributed by atoms with Gasteiger partial charge < -0.3 is 19.3 Å². The number of carbonyl (C=O) groups is 1. The van der Waals surface area contributed by atoms with Crippen LogP contribution >= 0.6 is 0 Å². The third-order valence-corrected chi connectivity index (χ3v) is 7.70. The van der Waals surface area contributed by atoms with E-state index >= 15 is 0 Å². The Hall–Kier alpha value is -0.650. The minimum atomic E-state index is -0.419. The maximum atomic E-state index is 13.0.